The maximum absolute atomic E-state index is 11.8. The molecule has 1 fully saturated rings. The van der Waals surface area contributed by atoms with Gasteiger partial charge < -0.3 is 10.6 Å². The van der Waals surface area contributed by atoms with Gasteiger partial charge in [-0.15, -0.1) is 0 Å². The lowest BCUT2D eigenvalue weighted by atomic mass is 9.91. The summed E-state index contributed by atoms with van der Waals surface area (Å²) in [4.78, 5) is 23.6. The van der Waals surface area contributed by atoms with Crippen molar-refractivity contribution in [3.8, 4) is 0 Å². The summed E-state index contributed by atoms with van der Waals surface area (Å²) in [5.74, 6) is 0.390. The fourth-order valence-corrected chi connectivity index (χ4v) is 3.05. The minimum Gasteiger partial charge on any atom is -0.353 e. The van der Waals surface area contributed by atoms with Crippen LogP contribution in [0.3, 0.4) is 0 Å². The Morgan fingerprint density at radius 3 is 1.41 bits per heavy atom. The topological polar surface area (TPSA) is 58.2 Å². The zero-order valence-corrected chi connectivity index (χ0v) is 14.5. The number of carbonyl (C=O) groups excluding carboxylic acids is 2. The number of carbonyl (C=O) groups is 2. The Morgan fingerprint density at radius 1 is 0.727 bits per heavy atom. The van der Waals surface area contributed by atoms with E-state index < -0.39 is 0 Å². The van der Waals surface area contributed by atoms with Gasteiger partial charge >= 0.3 is 0 Å². The molecule has 0 spiro atoms. The van der Waals surface area contributed by atoms with Gasteiger partial charge in [0.05, 0.1) is 0 Å². The van der Waals surface area contributed by atoms with Crippen LogP contribution < -0.4 is 10.6 Å². The van der Waals surface area contributed by atoms with Crippen LogP contribution in [0.5, 0.6) is 0 Å². The monoisotopic (exact) mass is 310 g/mol. The lowest BCUT2D eigenvalue weighted by molar-refractivity contribution is -0.123. The SMILES string of the molecule is CCCCCC(=O)NC1CCC(NC(=O)CCCCC)CC1. The van der Waals surface area contributed by atoms with Gasteiger partial charge in [-0.25, -0.2) is 0 Å². The Balaban J connectivity index is 2.12. The second-order valence-electron chi connectivity index (χ2n) is 6.60. The van der Waals surface area contributed by atoms with E-state index in [0.717, 1.165) is 64.2 Å². The van der Waals surface area contributed by atoms with Gasteiger partial charge in [-0.3, -0.25) is 9.59 Å². The van der Waals surface area contributed by atoms with Crippen LogP contribution in [0.2, 0.25) is 0 Å². The third-order valence-corrected chi connectivity index (χ3v) is 4.47. The second-order valence-corrected chi connectivity index (χ2v) is 6.60. The van der Waals surface area contributed by atoms with Gasteiger partial charge in [0, 0.05) is 24.9 Å². The first-order chi connectivity index (χ1) is 10.7. The van der Waals surface area contributed by atoms with Gasteiger partial charge in [0.2, 0.25) is 11.8 Å². The van der Waals surface area contributed by atoms with Crippen LogP contribution in [0.4, 0.5) is 0 Å². The number of hydrogen-bond acceptors (Lipinski definition) is 2. The first-order valence-electron chi connectivity index (χ1n) is 9.24. The van der Waals surface area contributed by atoms with Crippen LogP contribution in [-0.2, 0) is 9.59 Å². The van der Waals surface area contributed by atoms with Crippen molar-refractivity contribution < 1.29 is 9.59 Å². The molecule has 1 saturated carbocycles. The Kier molecular flexibility index (Phi) is 9.93. The van der Waals surface area contributed by atoms with Crippen LogP contribution >= 0.6 is 0 Å². The number of rotatable bonds is 10. The van der Waals surface area contributed by atoms with Crippen molar-refractivity contribution in [2.45, 2.75) is 103 Å². The second kappa shape index (κ2) is 11.5. The van der Waals surface area contributed by atoms with Crippen molar-refractivity contribution in [2.75, 3.05) is 0 Å². The summed E-state index contributed by atoms with van der Waals surface area (Å²) in [5, 5.41) is 6.28. The summed E-state index contributed by atoms with van der Waals surface area (Å²) in [6, 6.07) is 0.615. The Morgan fingerprint density at radius 2 is 1.09 bits per heavy atom. The van der Waals surface area contributed by atoms with E-state index in [1.54, 1.807) is 0 Å². The Hall–Kier alpha value is -1.06. The minimum atomic E-state index is 0.195. The Labute approximate surface area is 135 Å². The highest BCUT2D eigenvalue weighted by molar-refractivity contribution is 5.76. The van der Waals surface area contributed by atoms with E-state index in [2.05, 4.69) is 24.5 Å². The minimum absolute atomic E-state index is 0.195. The summed E-state index contributed by atoms with van der Waals surface area (Å²) >= 11 is 0. The molecule has 128 valence electrons. The molecule has 0 radical (unpaired) electrons. The van der Waals surface area contributed by atoms with E-state index in [0.29, 0.717) is 24.9 Å². The molecule has 4 nitrogen and oxygen atoms in total. The normalized spacial score (nSPS) is 21.4. The molecule has 22 heavy (non-hydrogen) atoms. The average molecular weight is 310 g/mol. The molecule has 0 heterocycles. The van der Waals surface area contributed by atoms with Crippen molar-refractivity contribution in [2.24, 2.45) is 0 Å². The highest BCUT2D eigenvalue weighted by Crippen LogP contribution is 2.19. The molecule has 0 aromatic heterocycles. The molecule has 1 rings (SSSR count). The summed E-state index contributed by atoms with van der Waals surface area (Å²) in [6.07, 6.45) is 11.8. The van der Waals surface area contributed by atoms with Gasteiger partial charge in [-0.2, -0.15) is 0 Å². The lowest BCUT2D eigenvalue weighted by Crippen LogP contribution is -2.43. The zero-order chi connectivity index (χ0) is 16.2. The molecule has 0 unspecified atom stereocenters. The third-order valence-electron chi connectivity index (χ3n) is 4.47. The summed E-state index contributed by atoms with van der Waals surface area (Å²) in [5.41, 5.74) is 0. The van der Waals surface area contributed by atoms with E-state index in [1.165, 1.54) is 0 Å². The van der Waals surface area contributed by atoms with Crippen LogP contribution in [-0.4, -0.2) is 23.9 Å². The maximum atomic E-state index is 11.8. The van der Waals surface area contributed by atoms with E-state index in [9.17, 15) is 9.59 Å². The van der Waals surface area contributed by atoms with Crippen molar-refractivity contribution in [3.63, 3.8) is 0 Å². The molecule has 1 aliphatic carbocycles. The molecule has 1 aliphatic rings. The van der Waals surface area contributed by atoms with Crippen molar-refractivity contribution in [1.82, 2.24) is 10.6 Å². The van der Waals surface area contributed by atoms with Gasteiger partial charge in [-0.05, 0) is 38.5 Å². The quantitative estimate of drug-likeness (QED) is 0.605. The number of unbranched alkanes of at least 4 members (excludes halogenated alkanes) is 4. The van der Waals surface area contributed by atoms with Crippen molar-refractivity contribution in [3.05, 3.63) is 0 Å². The molecule has 0 saturated heterocycles. The zero-order valence-electron chi connectivity index (χ0n) is 14.5. The fraction of sp³-hybridized carbons (Fsp3) is 0.889. The summed E-state index contributed by atoms with van der Waals surface area (Å²) < 4.78 is 0. The summed E-state index contributed by atoms with van der Waals surface area (Å²) in [7, 11) is 0. The number of hydrogen-bond donors (Lipinski definition) is 2. The molecule has 4 heteroatoms. The molecule has 2 N–H and O–H groups in total. The average Bonchev–Trinajstić information content (AvgIpc) is 2.50. The molecule has 2 amide bonds. The standard InChI is InChI=1S/C18H34N2O2/c1-3-5-7-9-17(21)19-15-11-13-16(14-12-15)20-18(22)10-8-6-4-2/h15-16H,3-14H2,1-2H3,(H,19,21)(H,20,22). The van der Waals surface area contributed by atoms with Crippen molar-refractivity contribution in [1.29, 1.82) is 0 Å². The van der Waals surface area contributed by atoms with Crippen LogP contribution in [0.1, 0.15) is 90.9 Å². The van der Waals surface area contributed by atoms with E-state index >= 15 is 0 Å². The third kappa shape index (κ3) is 8.40. The van der Waals surface area contributed by atoms with E-state index in [4.69, 9.17) is 0 Å². The first kappa shape index (κ1) is 19.0. The Bertz CT molecular complexity index is 291. The van der Waals surface area contributed by atoms with Gasteiger partial charge in [0.25, 0.3) is 0 Å². The van der Waals surface area contributed by atoms with Crippen molar-refractivity contribution >= 4 is 11.8 Å². The van der Waals surface area contributed by atoms with Gasteiger partial charge in [-0.1, -0.05) is 39.5 Å². The van der Waals surface area contributed by atoms with Crippen LogP contribution in [0.15, 0.2) is 0 Å². The first-order valence-corrected chi connectivity index (χ1v) is 9.24. The number of amides is 2. The van der Waals surface area contributed by atoms with E-state index in [1.807, 2.05) is 0 Å². The highest BCUT2D eigenvalue weighted by Gasteiger charge is 2.23. The molecular weight excluding hydrogens is 276 g/mol. The van der Waals surface area contributed by atoms with Gasteiger partial charge in [0.1, 0.15) is 0 Å². The van der Waals surface area contributed by atoms with Crippen LogP contribution in [0.25, 0.3) is 0 Å². The molecule has 0 aromatic carbocycles. The lowest BCUT2D eigenvalue weighted by Gasteiger charge is -2.29. The smallest absolute Gasteiger partial charge is 0.220 e. The number of nitrogens with one attached hydrogen (secondary N) is 2. The summed E-state index contributed by atoms with van der Waals surface area (Å²) in [6.45, 7) is 4.30. The molecule has 0 aromatic rings. The van der Waals surface area contributed by atoms with Crippen LogP contribution in [0, 0.1) is 0 Å². The predicted molar refractivity (Wildman–Crippen MR) is 90.6 cm³/mol. The molecular formula is C18H34N2O2. The molecule has 0 atom stereocenters. The largest absolute Gasteiger partial charge is 0.353 e. The van der Waals surface area contributed by atoms with E-state index in [-0.39, 0.29) is 11.8 Å². The predicted octanol–water partition coefficient (Wildman–Crippen LogP) is 3.69. The molecule has 0 bridgehead atoms. The highest BCUT2D eigenvalue weighted by atomic mass is 16.2. The molecule has 0 aliphatic heterocycles. The fourth-order valence-electron chi connectivity index (χ4n) is 3.05. The maximum Gasteiger partial charge on any atom is 0.220 e. The van der Waals surface area contributed by atoms with Gasteiger partial charge in [0.15, 0.2) is 0 Å².